The molecule has 33 heavy (non-hydrogen) atoms. The second-order valence-corrected chi connectivity index (χ2v) is 10.0. The van der Waals surface area contributed by atoms with Gasteiger partial charge in [0.15, 0.2) is 9.84 Å². The summed E-state index contributed by atoms with van der Waals surface area (Å²) < 4.78 is 23.9. The zero-order valence-electron chi connectivity index (χ0n) is 18.2. The second kappa shape index (κ2) is 9.88. The van der Waals surface area contributed by atoms with Crippen molar-refractivity contribution in [3.8, 4) is 11.1 Å². The fourth-order valence-corrected chi connectivity index (χ4v) is 4.68. The third-order valence-corrected chi connectivity index (χ3v) is 6.90. The zero-order valence-corrected chi connectivity index (χ0v) is 19.0. The number of hydrogen-bond donors (Lipinski definition) is 0. The van der Waals surface area contributed by atoms with Crippen LogP contribution in [0.1, 0.15) is 35.1 Å². The van der Waals surface area contributed by atoms with Crippen LogP contribution in [0.5, 0.6) is 0 Å². The molecule has 0 saturated carbocycles. The summed E-state index contributed by atoms with van der Waals surface area (Å²) in [5, 5.41) is 3.41. The van der Waals surface area contributed by atoms with E-state index in [9.17, 15) is 13.3 Å². The number of nitroso groups, excluding NO2 is 1. The van der Waals surface area contributed by atoms with Gasteiger partial charge in [-0.15, -0.1) is 0 Å². The van der Waals surface area contributed by atoms with Crippen LogP contribution in [-0.2, 0) is 9.84 Å². The van der Waals surface area contributed by atoms with Crippen LogP contribution in [0, 0.1) is 4.91 Å². The minimum Gasteiger partial charge on any atom is -0.265 e. The molecule has 0 spiro atoms. The van der Waals surface area contributed by atoms with Crippen molar-refractivity contribution in [1.29, 1.82) is 0 Å². The topological polar surface area (TPSA) is 76.5 Å². The molecule has 0 aliphatic carbocycles. The van der Waals surface area contributed by atoms with Gasteiger partial charge in [0.2, 0.25) is 0 Å². The highest BCUT2D eigenvalue weighted by atomic mass is 32.2. The van der Waals surface area contributed by atoms with Crippen molar-refractivity contribution >= 4 is 9.84 Å². The Bertz CT molecular complexity index is 1320. The predicted octanol–water partition coefficient (Wildman–Crippen LogP) is 6.18. The van der Waals surface area contributed by atoms with Crippen molar-refractivity contribution in [3.63, 3.8) is 0 Å². The fraction of sp³-hybridized carbons (Fsp3) is 0.148. The monoisotopic (exact) mass is 456 g/mol. The minimum absolute atomic E-state index is 0.0292. The van der Waals surface area contributed by atoms with Gasteiger partial charge in [-0.05, 0) is 58.5 Å². The van der Waals surface area contributed by atoms with Crippen LogP contribution in [0.15, 0.2) is 113 Å². The minimum atomic E-state index is -3.28. The average Bonchev–Trinajstić information content (AvgIpc) is 2.86. The third kappa shape index (κ3) is 5.41. The Morgan fingerprint density at radius 2 is 1.42 bits per heavy atom. The maximum absolute atomic E-state index is 11.9. The van der Waals surface area contributed by atoms with Gasteiger partial charge >= 0.3 is 0 Å². The highest BCUT2D eigenvalue weighted by molar-refractivity contribution is 7.90. The number of hydrogen-bond acceptors (Lipinski definition) is 5. The van der Waals surface area contributed by atoms with Crippen LogP contribution in [0.25, 0.3) is 11.1 Å². The fourth-order valence-electron chi connectivity index (χ4n) is 4.01. The quantitative estimate of drug-likeness (QED) is 0.297. The molecule has 0 saturated heterocycles. The van der Waals surface area contributed by atoms with E-state index in [-0.39, 0.29) is 5.92 Å². The van der Waals surface area contributed by atoms with Crippen LogP contribution < -0.4 is 0 Å². The summed E-state index contributed by atoms with van der Waals surface area (Å²) in [4.78, 5) is 16.1. The first kappa shape index (κ1) is 22.6. The third-order valence-electron chi connectivity index (χ3n) is 5.79. The van der Waals surface area contributed by atoms with E-state index >= 15 is 0 Å². The normalized spacial score (nSPS) is 13.2. The van der Waals surface area contributed by atoms with E-state index in [4.69, 9.17) is 0 Å². The molecule has 5 nitrogen and oxygen atoms in total. The molecule has 4 aromatic rings. The Labute approximate surface area is 194 Å². The molecule has 1 aromatic heterocycles. The Morgan fingerprint density at radius 1 is 0.758 bits per heavy atom. The van der Waals surface area contributed by atoms with Crippen molar-refractivity contribution in [3.05, 3.63) is 125 Å². The van der Waals surface area contributed by atoms with Crippen LogP contribution in [0.2, 0.25) is 0 Å². The summed E-state index contributed by atoms with van der Waals surface area (Å²) in [5.41, 5.74) is 4.77. The summed E-state index contributed by atoms with van der Waals surface area (Å²) >= 11 is 0. The molecule has 0 radical (unpaired) electrons. The number of rotatable bonds is 8. The van der Waals surface area contributed by atoms with Gasteiger partial charge < -0.3 is 0 Å². The van der Waals surface area contributed by atoms with Crippen LogP contribution in [0.4, 0.5) is 0 Å². The number of nitrogens with zero attached hydrogens (tertiary/aromatic N) is 2. The molecule has 6 heteroatoms. The molecule has 0 amide bonds. The Balaban J connectivity index is 1.68. The summed E-state index contributed by atoms with van der Waals surface area (Å²) in [6.07, 6.45) is 5.08. The zero-order chi connectivity index (χ0) is 23.3. The van der Waals surface area contributed by atoms with Gasteiger partial charge in [0, 0.05) is 24.6 Å². The van der Waals surface area contributed by atoms with Crippen LogP contribution in [-0.4, -0.2) is 19.7 Å². The lowest BCUT2D eigenvalue weighted by atomic mass is 9.84. The summed E-state index contributed by atoms with van der Waals surface area (Å²) in [6.45, 7) is 0. The van der Waals surface area contributed by atoms with E-state index in [1.807, 2.05) is 60.7 Å². The number of aromatic nitrogens is 1. The first-order chi connectivity index (χ1) is 16.0. The summed E-state index contributed by atoms with van der Waals surface area (Å²) in [6, 6.07) is 28.2. The van der Waals surface area contributed by atoms with Crippen molar-refractivity contribution < 1.29 is 8.42 Å². The van der Waals surface area contributed by atoms with Crippen LogP contribution >= 0.6 is 0 Å². The summed E-state index contributed by atoms with van der Waals surface area (Å²) in [5.74, 6) is -0.0292. The lowest BCUT2D eigenvalue weighted by Crippen LogP contribution is -2.07. The molecule has 0 bridgehead atoms. The smallest absolute Gasteiger partial charge is 0.175 e. The first-order valence-corrected chi connectivity index (χ1v) is 12.5. The Kier molecular flexibility index (Phi) is 6.75. The number of sulfone groups is 1. The molecule has 4 rings (SSSR count). The molecule has 2 atom stereocenters. The standard InChI is InChI=1S/C27H24N2O3S/c1-33(31,32)25-9-5-8-24(18-25)20-10-12-22(13-11-20)26(21-6-3-2-4-7-21)19-27(29-30)23-14-16-28-17-15-23/h2-18,26-27H,19H2,1H3. The van der Waals surface area contributed by atoms with Gasteiger partial charge in [0.05, 0.1) is 4.90 Å². The molecular formula is C27H24N2O3S. The molecule has 0 N–H and O–H groups in total. The van der Waals surface area contributed by atoms with Crippen molar-refractivity contribution in [2.75, 3.05) is 6.26 Å². The van der Waals surface area contributed by atoms with E-state index in [1.54, 1.807) is 30.6 Å². The van der Waals surface area contributed by atoms with E-state index in [2.05, 4.69) is 22.3 Å². The lowest BCUT2D eigenvalue weighted by Gasteiger charge is -2.21. The predicted molar refractivity (Wildman–Crippen MR) is 131 cm³/mol. The molecular weight excluding hydrogens is 432 g/mol. The van der Waals surface area contributed by atoms with Gasteiger partial charge in [-0.25, -0.2) is 8.42 Å². The largest absolute Gasteiger partial charge is 0.265 e. The SMILES string of the molecule is CS(=O)(=O)c1cccc(-c2ccc(C(CC(N=O)c3ccncc3)c3ccccc3)cc2)c1. The number of pyridine rings is 1. The molecule has 166 valence electrons. The first-order valence-electron chi connectivity index (χ1n) is 10.6. The van der Waals surface area contributed by atoms with E-state index in [1.165, 1.54) is 6.26 Å². The van der Waals surface area contributed by atoms with E-state index in [0.717, 1.165) is 27.8 Å². The van der Waals surface area contributed by atoms with Crippen molar-refractivity contribution in [2.45, 2.75) is 23.3 Å². The van der Waals surface area contributed by atoms with Gasteiger partial charge in [-0.2, -0.15) is 4.91 Å². The Morgan fingerprint density at radius 3 is 2.06 bits per heavy atom. The van der Waals surface area contributed by atoms with Crippen molar-refractivity contribution in [1.82, 2.24) is 4.98 Å². The maximum Gasteiger partial charge on any atom is 0.175 e. The molecule has 1 heterocycles. The van der Waals surface area contributed by atoms with Gasteiger partial charge in [-0.3, -0.25) is 4.98 Å². The van der Waals surface area contributed by atoms with Gasteiger partial charge in [-0.1, -0.05) is 71.9 Å². The molecule has 3 aromatic carbocycles. The molecule has 0 fully saturated rings. The summed E-state index contributed by atoms with van der Waals surface area (Å²) in [7, 11) is -3.28. The molecule has 0 aliphatic rings. The Hall–Kier alpha value is -3.64. The van der Waals surface area contributed by atoms with Crippen LogP contribution in [0.3, 0.4) is 0 Å². The van der Waals surface area contributed by atoms with Gasteiger partial charge in [0.25, 0.3) is 0 Å². The highest BCUT2D eigenvalue weighted by Crippen LogP contribution is 2.36. The second-order valence-electron chi connectivity index (χ2n) is 8.02. The number of benzene rings is 3. The maximum atomic E-state index is 11.9. The molecule has 0 aliphatic heterocycles. The van der Waals surface area contributed by atoms with E-state index in [0.29, 0.717) is 11.3 Å². The van der Waals surface area contributed by atoms with Gasteiger partial charge in [0.1, 0.15) is 6.04 Å². The van der Waals surface area contributed by atoms with E-state index < -0.39 is 15.9 Å². The lowest BCUT2D eigenvalue weighted by molar-refractivity contribution is 0.594. The van der Waals surface area contributed by atoms with Crippen molar-refractivity contribution in [2.24, 2.45) is 5.18 Å². The average molecular weight is 457 g/mol. The highest BCUT2D eigenvalue weighted by Gasteiger charge is 2.22. The molecule has 2 unspecified atom stereocenters.